The van der Waals surface area contributed by atoms with E-state index in [4.69, 9.17) is 10.2 Å². The molecule has 2 fully saturated rings. The van der Waals surface area contributed by atoms with E-state index >= 15 is 0 Å². The van der Waals surface area contributed by atoms with Gasteiger partial charge in [0.1, 0.15) is 0 Å². The molecule has 0 spiro atoms. The Kier molecular flexibility index (Phi) is 6.42. The number of aliphatic carboxylic acids is 2. The van der Waals surface area contributed by atoms with Gasteiger partial charge in [-0.25, -0.2) is 9.59 Å². The molecular formula is C17H20F3N3O4. The Morgan fingerprint density at radius 1 is 1.26 bits per heavy atom. The van der Waals surface area contributed by atoms with Gasteiger partial charge < -0.3 is 20.4 Å². The Hall–Kier alpha value is -2.62. The molecule has 1 saturated heterocycles. The Balaban J connectivity index is 0.000000279. The van der Waals surface area contributed by atoms with Crippen LogP contribution in [0.5, 0.6) is 0 Å². The normalized spacial score (nSPS) is 23.6. The number of piperidine rings is 1. The highest BCUT2D eigenvalue weighted by atomic mass is 19.4. The highest BCUT2D eigenvalue weighted by Crippen LogP contribution is 2.49. The number of rotatable bonds is 5. The molecule has 3 unspecified atom stereocenters. The van der Waals surface area contributed by atoms with Crippen molar-refractivity contribution in [2.75, 3.05) is 18.5 Å². The van der Waals surface area contributed by atoms with Crippen molar-refractivity contribution in [3.05, 3.63) is 36.2 Å². The molecule has 27 heavy (non-hydrogen) atoms. The second-order valence-electron chi connectivity index (χ2n) is 6.36. The third-order valence-corrected chi connectivity index (χ3v) is 4.37. The molecule has 0 aromatic carbocycles. The van der Waals surface area contributed by atoms with Gasteiger partial charge in [0, 0.05) is 37.0 Å². The number of hydrogen-bond donors (Lipinski definition) is 3. The lowest BCUT2D eigenvalue weighted by Crippen LogP contribution is -2.39. The van der Waals surface area contributed by atoms with Crippen molar-refractivity contribution in [3.63, 3.8) is 0 Å². The largest absolute Gasteiger partial charge is 0.478 e. The number of nitrogens with one attached hydrogen (secondary N) is 1. The minimum Gasteiger partial charge on any atom is -0.478 e. The van der Waals surface area contributed by atoms with Crippen LogP contribution in [0.2, 0.25) is 0 Å². The van der Waals surface area contributed by atoms with Crippen LogP contribution in [-0.2, 0) is 15.8 Å². The number of carboxylic acids is 2. The predicted molar refractivity (Wildman–Crippen MR) is 90.4 cm³/mol. The van der Waals surface area contributed by atoms with Gasteiger partial charge in [0.2, 0.25) is 0 Å². The Bertz CT molecular complexity index is 708. The Labute approximate surface area is 153 Å². The Morgan fingerprint density at radius 2 is 1.89 bits per heavy atom. The van der Waals surface area contributed by atoms with Crippen LogP contribution in [-0.4, -0.2) is 52.8 Å². The standard InChI is InChI=1S/C13H16F3N3.C4H4O4/c1-17-6-10-2-8-3-12(8)19(10)11-4-9(5-18-7-11)13(14,15)16;5-3(6)1-2-4(7)8/h4-5,7-8,10,12,17H,2-3,6H2,1H3;1-2H,(H,5,6)(H,7,8)/b;2-1+. The van der Waals surface area contributed by atoms with E-state index in [1.54, 1.807) is 6.20 Å². The van der Waals surface area contributed by atoms with Crippen LogP contribution in [0.25, 0.3) is 0 Å². The summed E-state index contributed by atoms with van der Waals surface area (Å²) in [5.74, 6) is -1.87. The molecule has 2 aliphatic rings. The third-order valence-electron chi connectivity index (χ3n) is 4.37. The fourth-order valence-electron chi connectivity index (χ4n) is 3.25. The maximum Gasteiger partial charge on any atom is 0.417 e. The maximum atomic E-state index is 12.7. The molecule has 1 aliphatic carbocycles. The first-order valence-corrected chi connectivity index (χ1v) is 8.22. The van der Waals surface area contributed by atoms with E-state index in [2.05, 4.69) is 15.2 Å². The monoisotopic (exact) mass is 387 g/mol. The SMILES string of the molecule is CNCC1CC2CC2N1c1cncc(C(F)(F)F)c1.O=C(O)/C=C/C(=O)O. The zero-order valence-electron chi connectivity index (χ0n) is 14.5. The molecule has 1 aliphatic heterocycles. The zero-order valence-corrected chi connectivity index (χ0v) is 14.5. The van der Waals surface area contributed by atoms with Crippen molar-refractivity contribution in [2.24, 2.45) is 5.92 Å². The number of hydrogen-bond acceptors (Lipinski definition) is 5. The van der Waals surface area contributed by atoms with Crippen LogP contribution in [0.3, 0.4) is 0 Å². The maximum absolute atomic E-state index is 12.7. The summed E-state index contributed by atoms with van der Waals surface area (Å²) in [6, 6.07) is 1.90. The van der Waals surface area contributed by atoms with Gasteiger partial charge in [-0.05, 0) is 31.9 Å². The number of aromatic nitrogens is 1. The van der Waals surface area contributed by atoms with Gasteiger partial charge in [0.15, 0.2) is 0 Å². The van der Waals surface area contributed by atoms with Crippen LogP contribution < -0.4 is 10.2 Å². The molecule has 10 heteroatoms. The third kappa shape index (κ3) is 5.68. The number of likely N-dealkylation sites (N-methyl/N-ethyl adjacent to an activating group) is 1. The predicted octanol–water partition coefficient (Wildman–Crippen LogP) is 2.00. The van der Waals surface area contributed by atoms with Crippen LogP contribution in [0.1, 0.15) is 18.4 Å². The molecule has 0 amide bonds. The van der Waals surface area contributed by atoms with E-state index in [1.807, 2.05) is 7.05 Å². The van der Waals surface area contributed by atoms with Crippen LogP contribution >= 0.6 is 0 Å². The number of halogens is 3. The molecule has 0 bridgehead atoms. The fraction of sp³-hybridized carbons (Fsp3) is 0.471. The Morgan fingerprint density at radius 3 is 2.41 bits per heavy atom. The fourth-order valence-corrected chi connectivity index (χ4v) is 3.25. The molecule has 2 heterocycles. The number of fused-ring (bicyclic) bond motifs is 1. The molecule has 0 radical (unpaired) electrons. The molecule has 148 valence electrons. The van der Waals surface area contributed by atoms with E-state index in [9.17, 15) is 22.8 Å². The number of anilines is 1. The minimum atomic E-state index is -4.33. The van der Waals surface area contributed by atoms with Gasteiger partial charge in [-0.2, -0.15) is 13.2 Å². The molecule has 7 nitrogen and oxygen atoms in total. The van der Waals surface area contributed by atoms with Crippen molar-refractivity contribution in [3.8, 4) is 0 Å². The lowest BCUT2D eigenvalue weighted by Gasteiger charge is -2.29. The molecule has 1 aromatic heterocycles. The summed E-state index contributed by atoms with van der Waals surface area (Å²) in [6.45, 7) is 0.795. The minimum absolute atomic E-state index is 0.277. The van der Waals surface area contributed by atoms with Gasteiger partial charge in [-0.3, -0.25) is 4.98 Å². The average molecular weight is 387 g/mol. The molecular weight excluding hydrogens is 367 g/mol. The van der Waals surface area contributed by atoms with Crippen molar-refractivity contribution in [1.82, 2.24) is 10.3 Å². The zero-order chi connectivity index (χ0) is 20.2. The van der Waals surface area contributed by atoms with Crippen LogP contribution in [0.15, 0.2) is 30.6 Å². The summed E-state index contributed by atoms with van der Waals surface area (Å²) < 4.78 is 38.2. The summed E-state index contributed by atoms with van der Waals surface area (Å²) >= 11 is 0. The number of carboxylic acid groups (broad SMARTS) is 2. The lowest BCUT2D eigenvalue weighted by molar-refractivity contribution is -0.138. The molecule has 3 rings (SSSR count). The first-order chi connectivity index (χ1) is 12.6. The van der Waals surface area contributed by atoms with Gasteiger partial charge in [0.05, 0.1) is 17.4 Å². The van der Waals surface area contributed by atoms with Gasteiger partial charge in [0.25, 0.3) is 0 Å². The van der Waals surface area contributed by atoms with E-state index in [1.165, 1.54) is 6.07 Å². The summed E-state index contributed by atoms with van der Waals surface area (Å²) in [5, 5.41) is 18.7. The van der Waals surface area contributed by atoms with Crippen molar-refractivity contribution in [2.45, 2.75) is 31.1 Å². The molecule has 1 aromatic rings. The first-order valence-electron chi connectivity index (χ1n) is 8.22. The van der Waals surface area contributed by atoms with Crippen molar-refractivity contribution >= 4 is 17.6 Å². The first kappa shape index (κ1) is 20.7. The number of alkyl halides is 3. The number of pyridine rings is 1. The smallest absolute Gasteiger partial charge is 0.417 e. The van der Waals surface area contributed by atoms with E-state index in [-0.39, 0.29) is 6.04 Å². The second kappa shape index (κ2) is 8.38. The van der Waals surface area contributed by atoms with Gasteiger partial charge in [-0.1, -0.05) is 0 Å². The summed E-state index contributed by atoms with van der Waals surface area (Å²) in [4.78, 5) is 25.0. The summed E-state index contributed by atoms with van der Waals surface area (Å²) in [5.41, 5.74) is -0.0719. The summed E-state index contributed by atoms with van der Waals surface area (Å²) in [6.07, 6.45) is 1.36. The quantitative estimate of drug-likeness (QED) is 0.664. The van der Waals surface area contributed by atoms with E-state index in [0.717, 1.165) is 25.6 Å². The van der Waals surface area contributed by atoms with Crippen molar-refractivity contribution < 1.29 is 33.0 Å². The topological polar surface area (TPSA) is 103 Å². The number of carbonyl (C=O) groups is 2. The molecule has 3 atom stereocenters. The van der Waals surface area contributed by atoms with Crippen LogP contribution in [0.4, 0.5) is 18.9 Å². The molecule has 3 N–H and O–H groups in total. The highest BCUT2D eigenvalue weighted by Gasteiger charge is 2.51. The van der Waals surface area contributed by atoms with Crippen molar-refractivity contribution in [1.29, 1.82) is 0 Å². The molecule has 1 saturated carbocycles. The van der Waals surface area contributed by atoms with E-state index < -0.39 is 23.7 Å². The van der Waals surface area contributed by atoms with Gasteiger partial charge in [-0.15, -0.1) is 0 Å². The highest BCUT2D eigenvalue weighted by molar-refractivity contribution is 5.89. The van der Waals surface area contributed by atoms with Crippen LogP contribution in [0, 0.1) is 5.92 Å². The lowest BCUT2D eigenvalue weighted by atomic mass is 10.1. The van der Waals surface area contributed by atoms with E-state index in [0.29, 0.717) is 29.8 Å². The van der Waals surface area contributed by atoms with Gasteiger partial charge >= 0.3 is 18.1 Å². The second-order valence-corrected chi connectivity index (χ2v) is 6.36. The summed E-state index contributed by atoms with van der Waals surface area (Å²) in [7, 11) is 1.87. The average Bonchev–Trinajstić information content (AvgIpc) is 3.24. The number of nitrogens with zero attached hydrogens (tertiary/aromatic N) is 2.